The van der Waals surface area contributed by atoms with E-state index in [-0.39, 0.29) is 5.75 Å². The summed E-state index contributed by atoms with van der Waals surface area (Å²) in [6, 6.07) is 11.4. The summed E-state index contributed by atoms with van der Waals surface area (Å²) in [7, 11) is 3.44. The van der Waals surface area contributed by atoms with Gasteiger partial charge in [0.05, 0.1) is 17.3 Å². The molecule has 0 spiro atoms. The Hall–Kier alpha value is -2.53. The summed E-state index contributed by atoms with van der Waals surface area (Å²) in [6.45, 7) is 0. The Labute approximate surface area is 132 Å². The van der Waals surface area contributed by atoms with Gasteiger partial charge < -0.3 is 15.2 Å². The van der Waals surface area contributed by atoms with Crippen molar-refractivity contribution >= 4 is 39.4 Å². The summed E-state index contributed by atoms with van der Waals surface area (Å²) in [6.07, 6.45) is 3.92. The molecular weight excluding hydrogens is 296 g/mol. The predicted octanol–water partition coefficient (Wildman–Crippen LogP) is 4.22. The van der Waals surface area contributed by atoms with Crippen LogP contribution in [0.2, 0.25) is 0 Å². The first kappa shape index (κ1) is 14.4. The largest absolute Gasteiger partial charge is 0.504 e. The predicted molar refractivity (Wildman–Crippen MR) is 92.8 cm³/mol. The van der Waals surface area contributed by atoms with Crippen molar-refractivity contribution in [1.82, 2.24) is 4.98 Å². The molecule has 0 saturated heterocycles. The molecule has 4 nitrogen and oxygen atoms in total. The SMILES string of the molecule is CNc1ccc2nc(/C=C/c3ccc(O)c(OC)c3)sc2c1. The van der Waals surface area contributed by atoms with Gasteiger partial charge in [-0.1, -0.05) is 12.1 Å². The first-order valence-corrected chi connectivity index (χ1v) is 7.64. The Kier molecular flexibility index (Phi) is 3.98. The zero-order valence-corrected chi connectivity index (χ0v) is 13.1. The fourth-order valence-electron chi connectivity index (χ4n) is 2.13. The van der Waals surface area contributed by atoms with Gasteiger partial charge >= 0.3 is 0 Å². The van der Waals surface area contributed by atoms with Crippen LogP contribution in [-0.2, 0) is 0 Å². The Morgan fingerprint density at radius 2 is 2.05 bits per heavy atom. The van der Waals surface area contributed by atoms with Gasteiger partial charge in [0.25, 0.3) is 0 Å². The van der Waals surface area contributed by atoms with Crippen LogP contribution in [0.1, 0.15) is 10.6 Å². The number of nitrogens with one attached hydrogen (secondary N) is 1. The molecule has 0 fully saturated rings. The molecule has 0 unspecified atom stereocenters. The van der Waals surface area contributed by atoms with Gasteiger partial charge in [-0.25, -0.2) is 4.98 Å². The number of phenols is 1. The number of anilines is 1. The standard InChI is InChI=1S/C17H16N2O2S/c1-18-12-5-6-13-16(10-12)22-17(19-13)8-4-11-3-7-14(20)15(9-11)21-2/h3-10,18,20H,1-2H3/b8-4+. The summed E-state index contributed by atoms with van der Waals surface area (Å²) in [5, 5.41) is 13.7. The van der Waals surface area contributed by atoms with Crippen molar-refractivity contribution in [1.29, 1.82) is 0 Å². The van der Waals surface area contributed by atoms with Gasteiger partial charge in [0.2, 0.25) is 0 Å². The summed E-state index contributed by atoms with van der Waals surface area (Å²) >= 11 is 1.64. The molecule has 3 rings (SSSR count). The molecule has 2 aromatic carbocycles. The molecule has 0 aliphatic carbocycles. The van der Waals surface area contributed by atoms with Crippen LogP contribution in [0, 0.1) is 0 Å². The number of methoxy groups -OCH3 is 1. The van der Waals surface area contributed by atoms with Crippen molar-refractivity contribution in [3.05, 3.63) is 47.0 Å². The van der Waals surface area contributed by atoms with E-state index in [1.54, 1.807) is 23.5 Å². The lowest BCUT2D eigenvalue weighted by Gasteiger charge is -2.03. The van der Waals surface area contributed by atoms with Crippen LogP contribution in [0.3, 0.4) is 0 Å². The summed E-state index contributed by atoms with van der Waals surface area (Å²) in [4.78, 5) is 4.59. The van der Waals surface area contributed by atoms with E-state index in [0.29, 0.717) is 5.75 Å². The van der Waals surface area contributed by atoms with E-state index in [4.69, 9.17) is 4.74 Å². The number of thiazole rings is 1. The van der Waals surface area contributed by atoms with Crippen molar-refractivity contribution in [3.63, 3.8) is 0 Å². The number of aromatic hydroxyl groups is 1. The van der Waals surface area contributed by atoms with Crippen molar-refractivity contribution < 1.29 is 9.84 Å². The quantitative estimate of drug-likeness (QED) is 0.757. The minimum atomic E-state index is 0.138. The van der Waals surface area contributed by atoms with Crippen LogP contribution in [0.15, 0.2) is 36.4 Å². The van der Waals surface area contributed by atoms with Gasteiger partial charge in [0.15, 0.2) is 11.5 Å². The van der Waals surface area contributed by atoms with Crippen molar-refractivity contribution in [2.24, 2.45) is 0 Å². The van der Waals surface area contributed by atoms with Crippen LogP contribution in [0.4, 0.5) is 5.69 Å². The normalized spacial score (nSPS) is 11.2. The first-order chi connectivity index (χ1) is 10.7. The number of aromatic nitrogens is 1. The Bertz CT molecular complexity index is 840. The number of rotatable bonds is 4. The first-order valence-electron chi connectivity index (χ1n) is 6.83. The average Bonchev–Trinajstić information content (AvgIpc) is 2.95. The number of ether oxygens (including phenoxy) is 1. The highest BCUT2D eigenvalue weighted by Gasteiger charge is 2.03. The maximum absolute atomic E-state index is 9.60. The highest BCUT2D eigenvalue weighted by Crippen LogP contribution is 2.29. The van der Waals surface area contributed by atoms with E-state index in [9.17, 15) is 5.11 Å². The van der Waals surface area contributed by atoms with E-state index >= 15 is 0 Å². The van der Waals surface area contributed by atoms with E-state index in [1.807, 2.05) is 37.4 Å². The lowest BCUT2D eigenvalue weighted by molar-refractivity contribution is 0.373. The third-order valence-corrected chi connectivity index (χ3v) is 4.30. The molecule has 5 heteroatoms. The van der Waals surface area contributed by atoms with Crippen LogP contribution in [-0.4, -0.2) is 24.2 Å². The van der Waals surface area contributed by atoms with Crippen molar-refractivity contribution in [3.8, 4) is 11.5 Å². The molecule has 112 valence electrons. The lowest BCUT2D eigenvalue weighted by atomic mass is 10.2. The highest BCUT2D eigenvalue weighted by atomic mass is 32.1. The Balaban J connectivity index is 1.88. The zero-order valence-electron chi connectivity index (χ0n) is 12.3. The number of benzene rings is 2. The molecule has 22 heavy (non-hydrogen) atoms. The third kappa shape index (κ3) is 2.89. The molecule has 0 atom stereocenters. The van der Waals surface area contributed by atoms with E-state index in [0.717, 1.165) is 26.5 Å². The summed E-state index contributed by atoms with van der Waals surface area (Å²) in [5.74, 6) is 0.601. The average molecular weight is 312 g/mol. The summed E-state index contributed by atoms with van der Waals surface area (Å²) < 4.78 is 6.26. The Morgan fingerprint density at radius 1 is 1.18 bits per heavy atom. The van der Waals surface area contributed by atoms with Gasteiger partial charge in [0, 0.05) is 12.7 Å². The topological polar surface area (TPSA) is 54.4 Å². The van der Waals surface area contributed by atoms with Gasteiger partial charge in [-0.05, 0) is 42.0 Å². The van der Waals surface area contributed by atoms with Crippen LogP contribution < -0.4 is 10.1 Å². The van der Waals surface area contributed by atoms with E-state index in [2.05, 4.69) is 16.4 Å². The Morgan fingerprint density at radius 3 is 2.82 bits per heavy atom. The van der Waals surface area contributed by atoms with Crippen LogP contribution in [0.25, 0.3) is 22.4 Å². The second-order valence-corrected chi connectivity index (χ2v) is 5.81. The maximum Gasteiger partial charge on any atom is 0.161 e. The van der Waals surface area contributed by atoms with Gasteiger partial charge in [0.1, 0.15) is 5.01 Å². The lowest BCUT2D eigenvalue weighted by Crippen LogP contribution is -1.85. The smallest absolute Gasteiger partial charge is 0.161 e. The molecule has 0 amide bonds. The molecule has 0 saturated carbocycles. The number of fused-ring (bicyclic) bond motifs is 1. The minimum absolute atomic E-state index is 0.138. The number of phenolic OH excluding ortho intramolecular Hbond substituents is 1. The number of hydrogen-bond acceptors (Lipinski definition) is 5. The third-order valence-electron chi connectivity index (χ3n) is 3.32. The second-order valence-electron chi connectivity index (χ2n) is 4.75. The minimum Gasteiger partial charge on any atom is -0.504 e. The molecule has 0 bridgehead atoms. The number of hydrogen-bond donors (Lipinski definition) is 2. The van der Waals surface area contributed by atoms with Crippen LogP contribution in [0.5, 0.6) is 11.5 Å². The highest BCUT2D eigenvalue weighted by molar-refractivity contribution is 7.19. The van der Waals surface area contributed by atoms with E-state index < -0.39 is 0 Å². The van der Waals surface area contributed by atoms with Crippen molar-refractivity contribution in [2.75, 3.05) is 19.5 Å². The fraction of sp³-hybridized carbons (Fsp3) is 0.118. The molecule has 1 aromatic heterocycles. The zero-order chi connectivity index (χ0) is 15.5. The molecule has 3 aromatic rings. The molecule has 0 aliphatic rings. The monoisotopic (exact) mass is 312 g/mol. The molecule has 1 heterocycles. The molecule has 0 aliphatic heterocycles. The second kappa shape index (κ2) is 6.07. The van der Waals surface area contributed by atoms with Gasteiger partial charge in [-0.15, -0.1) is 11.3 Å². The van der Waals surface area contributed by atoms with E-state index in [1.165, 1.54) is 7.11 Å². The summed E-state index contributed by atoms with van der Waals surface area (Å²) in [5.41, 5.74) is 3.02. The van der Waals surface area contributed by atoms with Crippen molar-refractivity contribution in [2.45, 2.75) is 0 Å². The van der Waals surface area contributed by atoms with Gasteiger partial charge in [-0.2, -0.15) is 0 Å². The molecular formula is C17H16N2O2S. The van der Waals surface area contributed by atoms with Crippen LogP contribution >= 0.6 is 11.3 Å². The maximum atomic E-state index is 9.60. The number of nitrogens with zero attached hydrogens (tertiary/aromatic N) is 1. The van der Waals surface area contributed by atoms with Gasteiger partial charge in [-0.3, -0.25) is 0 Å². The molecule has 2 N–H and O–H groups in total. The molecule has 0 radical (unpaired) electrons. The fourth-order valence-corrected chi connectivity index (χ4v) is 3.04.